The second-order valence-corrected chi connectivity index (χ2v) is 7.12. The normalized spacial score (nSPS) is 24.8. The van der Waals surface area contributed by atoms with Crippen LogP contribution in [-0.4, -0.2) is 70.2 Å². The lowest BCUT2D eigenvalue weighted by molar-refractivity contribution is -0.141. The van der Waals surface area contributed by atoms with Crippen LogP contribution in [-0.2, 0) is 9.59 Å². The summed E-state index contributed by atoms with van der Waals surface area (Å²) in [5.41, 5.74) is 0. The number of fused-ring (bicyclic) bond motifs is 2. The van der Waals surface area contributed by atoms with Crippen molar-refractivity contribution >= 4 is 36.6 Å². The van der Waals surface area contributed by atoms with Crippen molar-refractivity contribution in [2.24, 2.45) is 0 Å². The number of likely N-dealkylation sites (N-methyl/N-ethyl adjacent to an activating group) is 2. The van der Waals surface area contributed by atoms with E-state index in [1.165, 1.54) is 17.7 Å². The van der Waals surface area contributed by atoms with Gasteiger partial charge in [0.25, 0.3) is 0 Å². The van der Waals surface area contributed by atoms with Gasteiger partial charge in [0.2, 0.25) is 11.8 Å². The summed E-state index contributed by atoms with van der Waals surface area (Å²) < 4.78 is 1.61. The van der Waals surface area contributed by atoms with Crippen molar-refractivity contribution in [2.75, 3.05) is 20.6 Å². The Morgan fingerprint density at radius 2 is 1.85 bits per heavy atom. The number of carbonyl (C=O) groups is 2. The molecule has 0 spiro atoms. The van der Waals surface area contributed by atoms with Gasteiger partial charge >= 0.3 is 0 Å². The highest BCUT2D eigenvalue weighted by atomic mass is 35.5. The van der Waals surface area contributed by atoms with Gasteiger partial charge in [0.15, 0.2) is 0 Å². The van der Waals surface area contributed by atoms with Crippen molar-refractivity contribution in [2.45, 2.75) is 56.8 Å². The van der Waals surface area contributed by atoms with Gasteiger partial charge in [-0.3, -0.25) is 14.3 Å². The van der Waals surface area contributed by atoms with Crippen LogP contribution in [0.25, 0.3) is 0 Å². The number of hydrogen-bond acceptors (Lipinski definition) is 4. The molecule has 26 heavy (non-hydrogen) atoms. The molecule has 2 bridgehead atoms. The van der Waals surface area contributed by atoms with E-state index >= 15 is 0 Å². The van der Waals surface area contributed by atoms with Crippen molar-refractivity contribution in [3.8, 4) is 0 Å². The average Bonchev–Trinajstić information content (AvgIpc) is 3.22. The van der Waals surface area contributed by atoms with Crippen LogP contribution in [0.15, 0.2) is 18.5 Å². The molecule has 2 saturated heterocycles. The topological polar surface area (TPSA) is 70.5 Å². The molecule has 7 nitrogen and oxygen atoms in total. The standard InChI is InChI=1S/C17H27N5O2.2ClH/c1-12(22-8-4-7-18-22)17(24)20(2)11-16(23)21(3)15-9-13-5-6-14(10-15)19-13;;/h4,7-8,12-15,19H,5-6,9-11H2,1-3H3;2*1H. The first-order valence-electron chi connectivity index (χ1n) is 8.71. The third-order valence-corrected chi connectivity index (χ3v) is 5.42. The van der Waals surface area contributed by atoms with Gasteiger partial charge in [-0.2, -0.15) is 5.10 Å². The van der Waals surface area contributed by atoms with Gasteiger partial charge in [-0.15, -0.1) is 24.8 Å². The van der Waals surface area contributed by atoms with E-state index in [0.717, 1.165) is 12.8 Å². The molecule has 2 fully saturated rings. The molecule has 0 saturated carbocycles. The van der Waals surface area contributed by atoms with E-state index in [-0.39, 0.29) is 49.2 Å². The first-order valence-corrected chi connectivity index (χ1v) is 8.71. The molecule has 3 heterocycles. The number of nitrogens with zero attached hydrogens (tertiary/aromatic N) is 4. The number of hydrogen-bond donors (Lipinski definition) is 1. The maximum atomic E-state index is 12.6. The number of nitrogens with one attached hydrogen (secondary N) is 1. The van der Waals surface area contributed by atoms with Crippen LogP contribution < -0.4 is 5.32 Å². The van der Waals surface area contributed by atoms with Crippen molar-refractivity contribution in [1.29, 1.82) is 0 Å². The van der Waals surface area contributed by atoms with Gasteiger partial charge in [-0.05, 0) is 38.7 Å². The molecule has 2 aliphatic heterocycles. The number of piperidine rings is 1. The molecule has 0 aliphatic carbocycles. The predicted octanol–water partition coefficient (Wildman–Crippen LogP) is 1.49. The molecule has 1 aromatic rings. The van der Waals surface area contributed by atoms with E-state index in [1.807, 2.05) is 11.9 Å². The highest BCUT2D eigenvalue weighted by molar-refractivity contribution is 5.86. The Hall–Kier alpha value is -1.31. The second kappa shape index (κ2) is 9.58. The van der Waals surface area contributed by atoms with Crippen molar-refractivity contribution in [3.05, 3.63) is 18.5 Å². The maximum absolute atomic E-state index is 12.6. The molecule has 2 aliphatic rings. The van der Waals surface area contributed by atoms with E-state index < -0.39 is 6.04 Å². The lowest BCUT2D eigenvalue weighted by atomic mass is 9.98. The Kier molecular flexibility index (Phi) is 8.37. The molecule has 3 rings (SSSR count). The summed E-state index contributed by atoms with van der Waals surface area (Å²) in [7, 11) is 3.55. The van der Waals surface area contributed by atoms with Crippen LogP contribution in [0.1, 0.15) is 38.6 Å². The second-order valence-electron chi connectivity index (χ2n) is 7.12. The Labute approximate surface area is 167 Å². The van der Waals surface area contributed by atoms with Crippen molar-refractivity contribution in [1.82, 2.24) is 24.9 Å². The number of amides is 2. The van der Waals surface area contributed by atoms with E-state index in [2.05, 4.69) is 10.4 Å². The van der Waals surface area contributed by atoms with E-state index in [0.29, 0.717) is 12.1 Å². The van der Waals surface area contributed by atoms with Gasteiger partial charge in [-0.25, -0.2) is 0 Å². The largest absolute Gasteiger partial charge is 0.341 e. The van der Waals surface area contributed by atoms with Gasteiger partial charge in [0.05, 0.1) is 6.54 Å². The Balaban J connectivity index is 0.00000169. The zero-order chi connectivity index (χ0) is 17.3. The van der Waals surface area contributed by atoms with Crippen LogP contribution in [0.2, 0.25) is 0 Å². The number of carbonyl (C=O) groups excluding carboxylic acids is 2. The minimum atomic E-state index is -0.405. The third kappa shape index (κ3) is 4.90. The number of aromatic nitrogens is 2. The first kappa shape index (κ1) is 22.7. The monoisotopic (exact) mass is 405 g/mol. The summed E-state index contributed by atoms with van der Waals surface area (Å²) in [6.07, 6.45) is 7.86. The summed E-state index contributed by atoms with van der Waals surface area (Å²) in [4.78, 5) is 28.4. The Bertz CT molecular complexity index is 586. The van der Waals surface area contributed by atoms with Gasteiger partial charge < -0.3 is 15.1 Å². The number of rotatable bonds is 5. The fourth-order valence-electron chi connectivity index (χ4n) is 3.88. The summed E-state index contributed by atoms with van der Waals surface area (Å²) in [6, 6.07) is 2.75. The zero-order valence-corrected chi connectivity index (χ0v) is 17.1. The fourth-order valence-corrected chi connectivity index (χ4v) is 3.88. The fraction of sp³-hybridized carbons (Fsp3) is 0.706. The minimum absolute atomic E-state index is 0. The zero-order valence-electron chi connectivity index (χ0n) is 15.5. The Morgan fingerprint density at radius 1 is 1.23 bits per heavy atom. The van der Waals surface area contributed by atoms with Crippen LogP contribution in [0.4, 0.5) is 0 Å². The Morgan fingerprint density at radius 3 is 2.38 bits per heavy atom. The van der Waals surface area contributed by atoms with Gasteiger partial charge in [0.1, 0.15) is 6.04 Å². The van der Waals surface area contributed by atoms with Gasteiger partial charge in [-0.1, -0.05) is 0 Å². The molecular weight excluding hydrogens is 377 g/mol. The lowest BCUT2D eigenvalue weighted by Crippen LogP contribution is -2.51. The minimum Gasteiger partial charge on any atom is -0.341 e. The summed E-state index contributed by atoms with van der Waals surface area (Å²) in [6.45, 7) is 1.91. The van der Waals surface area contributed by atoms with Crippen LogP contribution in [0.3, 0.4) is 0 Å². The molecular formula is C17H29Cl2N5O2. The lowest BCUT2D eigenvalue weighted by Gasteiger charge is -2.36. The molecule has 9 heteroatoms. The van der Waals surface area contributed by atoms with E-state index in [1.54, 1.807) is 37.1 Å². The maximum Gasteiger partial charge on any atom is 0.247 e. The van der Waals surface area contributed by atoms with Gasteiger partial charge in [0, 0.05) is 44.6 Å². The summed E-state index contributed by atoms with van der Waals surface area (Å²) >= 11 is 0. The van der Waals surface area contributed by atoms with Crippen molar-refractivity contribution < 1.29 is 9.59 Å². The molecule has 148 valence electrons. The average molecular weight is 406 g/mol. The predicted molar refractivity (Wildman–Crippen MR) is 105 cm³/mol. The van der Waals surface area contributed by atoms with Crippen LogP contribution in [0, 0.1) is 0 Å². The van der Waals surface area contributed by atoms with Crippen LogP contribution >= 0.6 is 24.8 Å². The highest BCUT2D eigenvalue weighted by Crippen LogP contribution is 2.29. The molecule has 2 amide bonds. The van der Waals surface area contributed by atoms with E-state index in [9.17, 15) is 9.59 Å². The summed E-state index contributed by atoms with van der Waals surface area (Å²) in [5.74, 6) is -0.101. The number of halogens is 2. The van der Waals surface area contributed by atoms with Crippen LogP contribution in [0.5, 0.6) is 0 Å². The molecule has 3 unspecified atom stereocenters. The smallest absolute Gasteiger partial charge is 0.247 e. The molecule has 0 radical (unpaired) electrons. The molecule has 1 aromatic heterocycles. The third-order valence-electron chi connectivity index (χ3n) is 5.42. The quantitative estimate of drug-likeness (QED) is 0.805. The first-order chi connectivity index (χ1) is 11.5. The highest BCUT2D eigenvalue weighted by Gasteiger charge is 2.36. The molecule has 3 atom stereocenters. The van der Waals surface area contributed by atoms with E-state index in [4.69, 9.17) is 0 Å². The molecule has 0 aromatic carbocycles. The van der Waals surface area contributed by atoms with Crippen molar-refractivity contribution in [3.63, 3.8) is 0 Å². The molecule has 1 N–H and O–H groups in total. The summed E-state index contributed by atoms with van der Waals surface area (Å²) in [5, 5.41) is 7.69. The SMILES string of the molecule is CC(C(=O)N(C)CC(=O)N(C)C1CC2CCC(C1)N2)n1cccn1.Cl.Cl.